The van der Waals surface area contributed by atoms with Crippen LogP contribution in [-0.2, 0) is 16.0 Å². The van der Waals surface area contributed by atoms with Gasteiger partial charge in [0.15, 0.2) is 0 Å². The van der Waals surface area contributed by atoms with Crippen molar-refractivity contribution in [3.63, 3.8) is 0 Å². The number of hydrogen-bond donors (Lipinski definition) is 1. The van der Waals surface area contributed by atoms with Crippen molar-refractivity contribution in [3.05, 3.63) is 34.4 Å². The molecule has 1 saturated heterocycles. The summed E-state index contributed by atoms with van der Waals surface area (Å²) in [4.78, 5) is 14.6. The van der Waals surface area contributed by atoms with Gasteiger partial charge < -0.3 is 10.1 Å². The van der Waals surface area contributed by atoms with Crippen LogP contribution in [0.1, 0.15) is 60.8 Å². The largest absolute Gasteiger partial charge is 0.375 e. The summed E-state index contributed by atoms with van der Waals surface area (Å²) in [5, 5.41) is 3.11. The van der Waals surface area contributed by atoms with Crippen LogP contribution >= 0.6 is 0 Å². The molecule has 2 aliphatic rings. The number of aryl methyl sites for hydroxylation is 3. The van der Waals surface area contributed by atoms with Gasteiger partial charge in [0.05, 0.1) is 18.8 Å². The molecule has 27 heavy (non-hydrogen) atoms. The lowest BCUT2D eigenvalue weighted by molar-refractivity contribution is -0.123. The van der Waals surface area contributed by atoms with E-state index in [2.05, 4.69) is 43.1 Å². The molecule has 3 rings (SSSR count). The molecule has 1 N–H and O–H groups in total. The summed E-state index contributed by atoms with van der Waals surface area (Å²) >= 11 is 0. The number of carbonyl (C=O) groups is 1. The molecule has 1 saturated carbocycles. The quantitative estimate of drug-likeness (QED) is 0.794. The molecule has 4 heteroatoms. The lowest BCUT2D eigenvalue weighted by atomic mass is 9.97. The average Bonchev–Trinajstić information content (AvgIpc) is 3.12. The van der Waals surface area contributed by atoms with E-state index in [4.69, 9.17) is 4.74 Å². The van der Waals surface area contributed by atoms with Crippen molar-refractivity contribution in [3.8, 4) is 0 Å². The lowest BCUT2D eigenvalue weighted by Crippen LogP contribution is -2.44. The van der Waals surface area contributed by atoms with E-state index in [1.54, 1.807) is 0 Å². The number of ether oxygens (including phenoxy) is 1. The first-order valence-electron chi connectivity index (χ1n) is 10.7. The first-order valence-corrected chi connectivity index (χ1v) is 10.7. The zero-order valence-corrected chi connectivity index (χ0v) is 17.4. The topological polar surface area (TPSA) is 41.6 Å². The van der Waals surface area contributed by atoms with Crippen molar-refractivity contribution < 1.29 is 9.53 Å². The Hall–Kier alpha value is -1.39. The van der Waals surface area contributed by atoms with Crippen molar-refractivity contribution in [2.75, 3.05) is 26.2 Å². The molecule has 1 aromatic rings. The maximum absolute atomic E-state index is 12.3. The second kappa shape index (κ2) is 9.70. The summed E-state index contributed by atoms with van der Waals surface area (Å²) in [5.41, 5.74) is 5.32. The molecule has 0 atom stereocenters. The number of piperidine rings is 1. The second-order valence-electron chi connectivity index (χ2n) is 8.50. The predicted octanol–water partition coefficient (Wildman–Crippen LogP) is 3.69. The Kier molecular flexibility index (Phi) is 7.31. The fourth-order valence-electron chi connectivity index (χ4n) is 4.69. The molecule has 0 unspecified atom stereocenters. The third kappa shape index (κ3) is 6.05. The number of amides is 1. The van der Waals surface area contributed by atoms with Crippen molar-refractivity contribution in [2.45, 2.75) is 77.9 Å². The van der Waals surface area contributed by atoms with Crippen LogP contribution < -0.4 is 5.32 Å². The number of nitrogens with one attached hydrogen (secondary N) is 1. The number of benzene rings is 1. The zero-order chi connectivity index (χ0) is 19.2. The SMILES string of the molecule is Cc1cc(C)c(CCNC(=O)CN2CCC(OC3CCCC3)CC2)c(C)c1. The fourth-order valence-corrected chi connectivity index (χ4v) is 4.69. The van der Waals surface area contributed by atoms with Gasteiger partial charge in [-0.15, -0.1) is 0 Å². The Morgan fingerprint density at radius 3 is 2.26 bits per heavy atom. The fraction of sp³-hybridized carbons (Fsp3) is 0.696. The van der Waals surface area contributed by atoms with E-state index in [0.717, 1.165) is 32.4 Å². The summed E-state index contributed by atoms with van der Waals surface area (Å²) in [6.45, 7) is 9.63. The molecule has 150 valence electrons. The molecule has 1 heterocycles. The summed E-state index contributed by atoms with van der Waals surface area (Å²) in [6, 6.07) is 4.45. The maximum Gasteiger partial charge on any atom is 0.234 e. The van der Waals surface area contributed by atoms with Crippen molar-refractivity contribution in [2.24, 2.45) is 0 Å². The van der Waals surface area contributed by atoms with Gasteiger partial charge in [0.1, 0.15) is 0 Å². The number of likely N-dealkylation sites (tertiary alicyclic amines) is 1. The van der Waals surface area contributed by atoms with Crippen LogP contribution in [0.3, 0.4) is 0 Å². The highest BCUT2D eigenvalue weighted by atomic mass is 16.5. The van der Waals surface area contributed by atoms with Crippen molar-refractivity contribution >= 4 is 5.91 Å². The minimum Gasteiger partial charge on any atom is -0.375 e. The number of rotatable bonds is 7. The van der Waals surface area contributed by atoms with Crippen LogP contribution in [0.2, 0.25) is 0 Å². The summed E-state index contributed by atoms with van der Waals surface area (Å²) in [6.07, 6.45) is 9.05. The van der Waals surface area contributed by atoms with Crippen LogP contribution in [0.5, 0.6) is 0 Å². The van der Waals surface area contributed by atoms with E-state index in [-0.39, 0.29) is 5.91 Å². The first-order chi connectivity index (χ1) is 13.0. The Morgan fingerprint density at radius 1 is 1.04 bits per heavy atom. The lowest BCUT2D eigenvalue weighted by Gasteiger charge is -2.32. The average molecular weight is 373 g/mol. The van der Waals surface area contributed by atoms with E-state index in [0.29, 0.717) is 25.3 Å². The Labute approximate surface area is 164 Å². The zero-order valence-electron chi connectivity index (χ0n) is 17.4. The van der Waals surface area contributed by atoms with Crippen molar-refractivity contribution in [1.82, 2.24) is 10.2 Å². The van der Waals surface area contributed by atoms with Crippen LogP contribution in [-0.4, -0.2) is 49.2 Å². The van der Waals surface area contributed by atoms with Crippen LogP contribution in [0.4, 0.5) is 0 Å². The molecule has 0 spiro atoms. The van der Waals surface area contributed by atoms with Gasteiger partial charge in [-0.2, -0.15) is 0 Å². The summed E-state index contributed by atoms with van der Waals surface area (Å²) in [7, 11) is 0. The summed E-state index contributed by atoms with van der Waals surface area (Å²) in [5.74, 6) is 0.146. The highest BCUT2D eigenvalue weighted by Gasteiger charge is 2.25. The molecule has 0 bridgehead atoms. The minimum absolute atomic E-state index is 0.146. The van der Waals surface area contributed by atoms with Crippen LogP contribution in [0.25, 0.3) is 0 Å². The van der Waals surface area contributed by atoms with Gasteiger partial charge in [-0.05, 0) is 69.6 Å². The monoisotopic (exact) mass is 372 g/mol. The maximum atomic E-state index is 12.3. The van der Waals surface area contributed by atoms with Gasteiger partial charge in [0.2, 0.25) is 5.91 Å². The Bertz CT molecular complexity index is 606. The molecule has 1 aromatic carbocycles. The molecule has 1 aliphatic carbocycles. The van der Waals surface area contributed by atoms with E-state index in [1.807, 2.05) is 0 Å². The van der Waals surface area contributed by atoms with Gasteiger partial charge >= 0.3 is 0 Å². The standard InChI is InChI=1S/C23H36N2O2/c1-17-14-18(2)22(19(3)15-17)8-11-24-23(26)16-25-12-9-21(10-13-25)27-20-6-4-5-7-20/h14-15,20-21H,4-13,16H2,1-3H3,(H,24,26). The smallest absolute Gasteiger partial charge is 0.234 e. The van der Waals surface area contributed by atoms with E-state index in [9.17, 15) is 4.79 Å². The molecular weight excluding hydrogens is 336 g/mol. The second-order valence-corrected chi connectivity index (χ2v) is 8.50. The highest BCUT2D eigenvalue weighted by molar-refractivity contribution is 5.78. The minimum atomic E-state index is 0.146. The van der Waals surface area contributed by atoms with E-state index < -0.39 is 0 Å². The molecule has 0 radical (unpaired) electrons. The van der Waals surface area contributed by atoms with Gasteiger partial charge in [-0.3, -0.25) is 9.69 Å². The van der Waals surface area contributed by atoms with Gasteiger partial charge in [0.25, 0.3) is 0 Å². The normalized spacial score (nSPS) is 19.5. The van der Waals surface area contributed by atoms with Gasteiger partial charge in [-0.1, -0.05) is 30.5 Å². The Morgan fingerprint density at radius 2 is 1.63 bits per heavy atom. The first kappa shape index (κ1) is 20.3. The van der Waals surface area contributed by atoms with Crippen LogP contribution in [0, 0.1) is 20.8 Å². The molecule has 1 aliphatic heterocycles. The molecule has 0 aromatic heterocycles. The van der Waals surface area contributed by atoms with Gasteiger partial charge in [-0.25, -0.2) is 0 Å². The van der Waals surface area contributed by atoms with E-state index >= 15 is 0 Å². The number of carbonyl (C=O) groups excluding carboxylic acids is 1. The highest BCUT2D eigenvalue weighted by Crippen LogP contribution is 2.25. The third-order valence-electron chi connectivity index (χ3n) is 6.13. The predicted molar refractivity (Wildman–Crippen MR) is 110 cm³/mol. The summed E-state index contributed by atoms with van der Waals surface area (Å²) < 4.78 is 6.22. The van der Waals surface area contributed by atoms with Crippen molar-refractivity contribution in [1.29, 1.82) is 0 Å². The van der Waals surface area contributed by atoms with Gasteiger partial charge in [0, 0.05) is 19.6 Å². The number of nitrogens with zero attached hydrogens (tertiary/aromatic N) is 1. The Balaban J connectivity index is 1.34. The number of hydrogen-bond acceptors (Lipinski definition) is 3. The molecular formula is C23H36N2O2. The van der Waals surface area contributed by atoms with E-state index in [1.165, 1.54) is 47.9 Å². The van der Waals surface area contributed by atoms with Crippen LogP contribution in [0.15, 0.2) is 12.1 Å². The molecule has 2 fully saturated rings. The molecule has 1 amide bonds. The molecule has 4 nitrogen and oxygen atoms in total. The third-order valence-corrected chi connectivity index (χ3v) is 6.13.